The van der Waals surface area contributed by atoms with Crippen LogP contribution in [0.3, 0.4) is 0 Å². The second-order valence-corrected chi connectivity index (χ2v) is 4.49. The van der Waals surface area contributed by atoms with Crippen LogP contribution >= 0.6 is 11.6 Å². The molecule has 0 spiro atoms. The van der Waals surface area contributed by atoms with Gasteiger partial charge in [0.05, 0.1) is 7.11 Å². The maximum atomic E-state index is 11.7. The highest BCUT2D eigenvalue weighted by Gasteiger charge is 2.12. The van der Waals surface area contributed by atoms with Crippen molar-refractivity contribution in [1.82, 2.24) is 0 Å². The van der Waals surface area contributed by atoms with Gasteiger partial charge in [-0.15, -0.1) is 11.6 Å². The summed E-state index contributed by atoms with van der Waals surface area (Å²) < 4.78 is 4.80. The van der Waals surface area contributed by atoms with Crippen molar-refractivity contribution in [3.8, 4) is 0 Å². The summed E-state index contributed by atoms with van der Waals surface area (Å²) in [4.78, 5) is 11.7. The predicted octanol–water partition coefficient (Wildman–Crippen LogP) is 4.04. The van der Waals surface area contributed by atoms with Crippen LogP contribution in [0.1, 0.15) is 31.7 Å². The molecule has 0 fully saturated rings. The molecule has 1 aromatic rings. The minimum Gasteiger partial charge on any atom is -0.466 e. The number of hydrogen-bond acceptors (Lipinski definition) is 2. The fourth-order valence-corrected chi connectivity index (χ4v) is 2.05. The number of hydrogen-bond donors (Lipinski definition) is 0. The number of allylic oxidation sites excluding steroid dienone is 1. The fourth-order valence-electron chi connectivity index (χ4n) is 1.86. The van der Waals surface area contributed by atoms with Gasteiger partial charge >= 0.3 is 5.97 Å². The number of methoxy groups -OCH3 is 1. The molecule has 0 aliphatic carbocycles. The quantitative estimate of drug-likeness (QED) is 0.336. The average Bonchev–Trinajstić information content (AvgIpc) is 2.43. The molecule has 0 saturated heterocycles. The molecule has 0 unspecified atom stereocenters. The Morgan fingerprint density at radius 1 is 1.22 bits per heavy atom. The van der Waals surface area contributed by atoms with Crippen molar-refractivity contribution in [3.63, 3.8) is 0 Å². The maximum Gasteiger partial charge on any atom is 0.333 e. The first kappa shape index (κ1) is 14.8. The van der Waals surface area contributed by atoms with Crippen LogP contribution in [-0.2, 0) is 9.53 Å². The topological polar surface area (TPSA) is 26.3 Å². The summed E-state index contributed by atoms with van der Waals surface area (Å²) in [6.45, 7) is 1.81. The number of esters is 1. The van der Waals surface area contributed by atoms with Crippen molar-refractivity contribution in [3.05, 3.63) is 41.5 Å². The highest BCUT2D eigenvalue weighted by Crippen LogP contribution is 2.25. The van der Waals surface area contributed by atoms with Crippen molar-refractivity contribution in [1.29, 1.82) is 0 Å². The molecular weight excluding hydrogens is 248 g/mol. The zero-order valence-corrected chi connectivity index (χ0v) is 11.7. The summed E-state index contributed by atoms with van der Waals surface area (Å²) in [7, 11) is 1.41. The number of alkyl halides is 1. The van der Waals surface area contributed by atoms with Crippen LogP contribution in [-0.4, -0.2) is 19.0 Å². The van der Waals surface area contributed by atoms with Gasteiger partial charge in [0.1, 0.15) is 0 Å². The average molecular weight is 267 g/mol. The number of halogens is 1. The molecular formula is C15H19ClO2. The molecule has 1 aromatic carbocycles. The first-order chi connectivity index (χ1) is 8.70. The van der Waals surface area contributed by atoms with E-state index in [2.05, 4.69) is 0 Å². The van der Waals surface area contributed by atoms with Crippen LogP contribution in [0, 0.1) is 0 Å². The molecule has 0 N–H and O–H groups in total. The van der Waals surface area contributed by atoms with Crippen LogP contribution in [0.15, 0.2) is 35.9 Å². The van der Waals surface area contributed by atoms with E-state index in [0.29, 0.717) is 11.5 Å². The largest absolute Gasteiger partial charge is 0.466 e. The molecule has 0 aliphatic heterocycles. The Bertz CT molecular complexity index is 410. The van der Waals surface area contributed by atoms with Crippen molar-refractivity contribution < 1.29 is 9.53 Å². The third-order valence-corrected chi connectivity index (χ3v) is 3.14. The highest BCUT2D eigenvalue weighted by molar-refractivity contribution is 6.17. The molecule has 0 saturated carbocycles. The Morgan fingerprint density at radius 2 is 1.89 bits per heavy atom. The Labute approximate surface area is 114 Å². The van der Waals surface area contributed by atoms with Crippen molar-refractivity contribution in [2.75, 3.05) is 13.0 Å². The Kier molecular flexibility index (Phi) is 6.51. The van der Waals surface area contributed by atoms with Gasteiger partial charge in [-0.25, -0.2) is 4.79 Å². The van der Waals surface area contributed by atoms with Gasteiger partial charge in [0.2, 0.25) is 0 Å². The molecule has 0 bridgehead atoms. The maximum absolute atomic E-state index is 11.7. The first-order valence-electron chi connectivity index (χ1n) is 6.10. The summed E-state index contributed by atoms with van der Waals surface area (Å²) in [5.74, 6) is 0.388. The van der Waals surface area contributed by atoms with Gasteiger partial charge in [0, 0.05) is 11.5 Å². The number of carbonyl (C=O) groups is 1. The molecule has 0 aromatic heterocycles. The summed E-state index contributed by atoms with van der Waals surface area (Å²) in [5.41, 5.74) is 2.81. The summed E-state index contributed by atoms with van der Waals surface area (Å²) >= 11 is 5.69. The molecule has 3 heteroatoms. The van der Waals surface area contributed by atoms with E-state index >= 15 is 0 Å². The number of ether oxygens (including phenoxy) is 1. The van der Waals surface area contributed by atoms with E-state index in [1.54, 1.807) is 0 Å². The molecule has 18 heavy (non-hydrogen) atoms. The number of rotatable bonds is 6. The lowest BCUT2D eigenvalue weighted by molar-refractivity contribution is -0.135. The zero-order valence-electron chi connectivity index (χ0n) is 10.9. The van der Waals surface area contributed by atoms with Crippen LogP contribution in [0.4, 0.5) is 0 Å². The molecule has 0 radical (unpaired) electrons. The normalized spacial score (nSPS) is 11.9. The lowest BCUT2D eigenvalue weighted by Gasteiger charge is -2.11. The van der Waals surface area contributed by atoms with E-state index in [0.717, 1.165) is 30.4 Å². The Morgan fingerprint density at radius 3 is 2.44 bits per heavy atom. The third-order valence-electron chi connectivity index (χ3n) is 2.88. The van der Waals surface area contributed by atoms with E-state index in [9.17, 15) is 4.79 Å². The fraction of sp³-hybridized carbons (Fsp3) is 0.400. The molecule has 0 amide bonds. The predicted molar refractivity (Wildman–Crippen MR) is 75.6 cm³/mol. The first-order valence-corrected chi connectivity index (χ1v) is 6.63. The second-order valence-electron chi connectivity index (χ2n) is 4.11. The van der Waals surface area contributed by atoms with Crippen LogP contribution in [0.5, 0.6) is 0 Å². The van der Waals surface area contributed by atoms with Crippen LogP contribution < -0.4 is 0 Å². The SMILES string of the molecule is COC(=O)/C(C)=C(/CCCCCl)c1ccccc1. The zero-order chi connectivity index (χ0) is 13.4. The smallest absolute Gasteiger partial charge is 0.333 e. The number of carbonyl (C=O) groups excluding carboxylic acids is 1. The monoisotopic (exact) mass is 266 g/mol. The summed E-state index contributed by atoms with van der Waals surface area (Å²) in [5, 5.41) is 0. The van der Waals surface area contributed by atoms with E-state index in [1.807, 2.05) is 37.3 Å². The van der Waals surface area contributed by atoms with E-state index in [4.69, 9.17) is 16.3 Å². The lowest BCUT2D eigenvalue weighted by atomic mass is 9.96. The summed E-state index contributed by atoms with van der Waals surface area (Å²) in [6.07, 6.45) is 2.77. The molecule has 0 heterocycles. The third kappa shape index (κ3) is 4.19. The van der Waals surface area contributed by atoms with Gasteiger partial charge in [-0.3, -0.25) is 0 Å². The lowest BCUT2D eigenvalue weighted by Crippen LogP contribution is -2.05. The van der Waals surface area contributed by atoms with Crippen LogP contribution in [0.2, 0.25) is 0 Å². The summed E-state index contributed by atoms with van der Waals surface area (Å²) in [6, 6.07) is 9.95. The Balaban J connectivity index is 2.99. The van der Waals surface area contributed by atoms with Gasteiger partial charge in [-0.1, -0.05) is 30.3 Å². The van der Waals surface area contributed by atoms with Gasteiger partial charge in [-0.05, 0) is 37.3 Å². The number of unbranched alkanes of at least 4 members (excludes halogenated alkanes) is 1. The van der Waals surface area contributed by atoms with Gasteiger partial charge in [-0.2, -0.15) is 0 Å². The standard InChI is InChI=1S/C15H19ClO2/c1-12(15(17)18-2)14(10-6-7-11-16)13-8-4-3-5-9-13/h3-5,8-9H,6-7,10-11H2,1-2H3/b14-12-. The van der Waals surface area contributed by atoms with E-state index in [1.165, 1.54) is 7.11 Å². The van der Waals surface area contributed by atoms with E-state index < -0.39 is 0 Å². The van der Waals surface area contributed by atoms with E-state index in [-0.39, 0.29) is 5.97 Å². The van der Waals surface area contributed by atoms with Crippen molar-refractivity contribution in [2.45, 2.75) is 26.2 Å². The van der Waals surface area contributed by atoms with Crippen molar-refractivity contribution in [2.24, 2.45) is 0 Å². The van der Waals surface area contributed by atoms with Gasteiger partial charge in [0.25, 0.3) is 0 Å². The molecule has 98 valence electrons. The molecule has 0 aliphatic rings. The number of benzene rings is 1. The highest BCUT2D eigenvalue weighted by atomic mass is 35.5. The molecule has 2 nitrogen and oxygen atoms in total. The van der Waals surface area contributed by atoms with Crippen LogP contribution in [0.25, 0.3) is 5.57 Å². The van der Waals surface area contributed by atoms with Crippen molar-refractivity contribution >= 4 is 23.1 Å². The molecule has 1 rings (SSSR count). The molecule has 0 atom stereocenters. The minimum atomic E-state index is -0.264. The minimum absolute atomic E-state index is 0.264. The van der Waals surface area contributed by atoms with Gasteiger partial charge in [0.15, 0.2) is 0 Å². The van der Waals surface area contributed by atoms with Gasteiger partial charge < -0.3 is 4.74 Å². The Hall–Kier alpha value is -1.28. The second kappa shape index (κ2) is 7.93.